The number of esters is 1. The fraction of sp³-hybridized carbons (Fsp3) is 0.308. The minimum Gasteiger partial charge on any atom is -0.490 e. The molecule has 0 aromatic heterocycles. The van der Waals surface area contributed by atoms with E-state index in [1.54, 1.807) is 0 Å². The second kappa shape index (κ2) is 7.11. The molecule has 0 atom stereocenters. The summed E-state index contributed by atoms with van der Waals surface area (Å²) in [7, 11) is 2.47. The van der Waals surface area contributed by atoms with Crippen LogP contribution in [0.5, 0.6) is 0 Å². The first-order valence-electron chi connectivity index (χ1n) is 5.55. The van der Waals surface area contributed by atoms with Gasteiger partial charge in [0.05, 0.1) is 19.1 Å². The molecule has 0 fully saturated rings. The first kappa shape index (κ1) is 15.5. The maximum absolute atomic E-state index is 11.6. The third-order valence-corrected chi connectivity index (χ3v) is 2.44. The number of nitro groups is 1. The predicted molar refractivity (Wildman–Crippen MR) is 68.7 cm³/mol. The van der Waals surface area contributed by atoms with Gasteiger partial charge in [0, 0.05) is 23.6 Å². The Bertz CT molecular complexity index is 573. The number of carbonyl (C=O) groups excluding carboxylic acids is 1. The summed E-state index contributed by atoms with van der Waals surface area (Å²) < 4.78 is 9.53. The van der Waals surface area contributed by atoms with Crippen LogP contribution in [0.15, 0.2) is 34.8 Å². The van der Waals surface area contributed by atoms with E-state index in [1.807, 2.05) is 0 Å². The summed E-state index contributed by atoms with van der Waals surface area (Å²) in [6.07, 6.45) is 2.53. The highest BCUT2D eigenvalue weighted by molar-refractivity contribution is 5.90. The van der Waals surface area contributed by atoms with Crippen LogP contribution in [0.1, 0.15) is 6.42 Å². The van der Waals surface area contributed by atoms with Gasteiger partial charge in [-0.2, -0.15) is 0 Å². The topological polar surface area (TPSA) is 98.9 Å². The first-order chi connectivity index (χ1) is 9.53. The number of carbonyl (C=O) groups is 1. The Hall–Kier alpha value is -2.59. The van der Waals surface area contributed by atoms with E-state index >= 15 is 0 Å². The molecule has 0 aliphatic heterocycles. The normalized spacial score (nSPS) is 14.3. The molecule has 0 saturated heterocycles. The third-order valence-electron chi connectivity index (χ3n) is 2.44. The first-order valence-corrected chi connectivity index (χ1v) is 5.55. The molecule has 0 aromatic carbocycles. The minimum atomic E-state index is -0.682. The van der Waals surface area contributed by atoms with Gasteiger partial charge in [0.25, 0.3) is 0 Å². The molecule has 7 nitrogen and oxygen atoms in total. The van der Waals surface area contributed by atoms with Crippen molar-refractivity contribution in [1.82, 2.24) is 0 Å². The van der Waals surface area contributed by atoms with Gasteiger partial charge in [-0.25, -0.2) is 4.79 Å². The number of hydrogen-bond acceptors (Lipinski definition) is 6. The Labute approximate surface area is 115 Å². The summed E-state index contributed by atoms with van der Waals surface area (Å²) in [5.41, 5.74) is 0.142. The lowest BCUT2D eigenvalue weighted by Crippen LogP contribution is -2.07. The number of rotatable bonds is 3. The summed E-state index contributed by atoms with van der Waals surface area (Å²) in [6, 6.07) is 0. The Kier molecular flexibility index (Phi) is 5.50. The molecule has 0 saturated carbocycles. The predicted octanol–water partition coefficient (Wildman–Crippen LogP) is 0.546. The van der Waals surface area contributed by atoms with Gasteiger partial charge in [0.2, 0.25) is 0 Å². The van der Waals surface area contributed by atoms with E-state index in [1.165, 1.54) is 20.3 Å². The van der Waals surface area contributed by atoms with Crippen LogP contribution in [0.4, 0.5) is 0 Å². The molecule has 1 aliphatic carbocycles. The van der Waals surface area contributed by atoms with Crippen molar-refractivity contribution in [2.75, 3.05) is 20.8 Å². The van der Waals surface area contributed by atoms with Gasteiger partial charge >= 0.3 is 11.7 Å². The molecule has 0 spiro atoms. The molecule has 0 bridgehead atoms. The molecular weight excluding hydrogens is 266 g/mol. The van der Waals surface area contributed by atoms with Crippen LogP contribution in [-0.4, -0.2) is 36.8 Å². The minimum absolute atomic E-state index is 0.0175. The number of aliphatic hydroxyl groups excluding tert-OH is 1. The SMILES string of the molecule is COC(=O)C1=CC([N+](=O)[O-])=C(OC)C=C(C#CCO)C1. The van der Waals surface area contributed by atoms with Gasteiger partial charge in [-0.3, -0.25) is 10.1 Å². The zero-order valence-corrected chi connectivity index (χ0v) is 11.0. The van der Waals surface area contributed by atoms with E-state index in [9.17, 15) is 14.9 Å². The van der Waals surface area contributed by atoms with E-state index in [4.69, 9.17) is 9.84 Å². The van der Waals surface area contributed by atoms with E-state index in [-0.39, 0.29) is 30.1 Å². The van der Waals surface area contributed by atoms with E-state index < -0.39 is 10.9 Å². The van der Waals surface area contributed by atoms with Crippen molar-refractivity contribution < 1.29 is 24.3 Å². The maximum atomic E-state index is 11.6. The van der Waals surface area contributed by atoms with Gasteiger partial charge in [0.1, 0.15) is 6.61 Å². The van der Waals surface area contributed by atoms with Crippen molar-refractivity contribution in [3.05, 3.63) is 44.9 Å². The maximum Gasteiger partial charge on any atom is 0.334 e. The van der Waals surface area contributed by atoms with Crippen molar-refractivity contribution in [2.24, 2.45) is 0 Å². The quantitative estimate of drug-likeness (QED) is 0.350. The monoisotopic (exact) mass is 279 g/mol. The van der Waals surface area contributed by atoms with Crippen molar-refractivity contribution >= 4 is 5.97 Å². The second-order valence-corrected chi connectivity index (χ2v) is 3.68. The number of methoxy groups -OCH3 is 2. The van der Waals surface area contributed by atoms with Crippen molar-refractivity contribution in [1.29, 1.82) is 0 Å². The fourth-order valence-electron chi connectivity index (χ4n) is 1.58. The lowest BCUT2D eigenvalue weighted by atomic mass is 10.1. The van der Waals surface area contributed by atoms with Gasteiger partial charge in [-0.05, 0) is 6.08 Å². The summed E-state index contributed by atoms with van der Waals surface area (Å²) in [5, 5.41) is 19.7. The Morgan fingerprint density at radius 2 is 2.20 bits per heavy atom. The smallest absolute Gasteiger partial charge is 0.334 e. The molecule has 0 heterocycles. The van der Waals surface area contributed by atoms with Gasteiger partial charge in [0.15, 0.2) is 5.76 Å². The molecule has 1 N–H and O–H groups in total. The largest absolute Gasteiger partial charge is 0.490 e. The van der Waals surface area contributed by atoms with E-state index in [0.29, 0.717) is 5.57 Å². The van der Waals surface area contributed by atoms with Crippen LogP contribution in [0.2, 0.25) is 0 Å². The second-order valence-electron chi connectivity index (χ2n) is 3.68. The van der Waals surface area contributed by atoms with Gasteiger partial charge in [-0.1, -0.05) is 11.8 Å². The van der Waals surface area contributed by atoms with Crippen LogP contribution in [-0.2, 0) is 14.3 Å². The highest BCUT2D eigenvalue weighted by atomic mass is 16.6. The van der Waals surface area contributed by atoms with Gasteiger partial charge in [-0.15, -0.1) is 0 Å². The van der Waals surface area contributed by atoms with Crippen LogP contribution in [0, 0.1) is 22.0 Å². The van der Waals surface area contributed by atoms with E-state index in [0.717, 1.165) is 6.08 Å². The molecule has 0 aromatic rings. The highest BCUT2D eigenvalue weighted by Gasteiger charge is 2.24. The summed E-state index contributed by atoms with van der Waals surface area (Å²) in [5.74, 6) is 4.34. The Morgan fingerprint density at radius 1 is 1.50 bits per heavy atom. The van der Waals surface area contributed by atoms with E-state index in [2.05, 4.69) is 16.6 Å². The van der Waals surface area contributed by atoms with Crippen LogP contribution in [0.25, 0.3) is 0 Å². The number of ether oxygens (including phenoxy) is 2. The number of aliphatic hydroxyl groups is 1. The number of hydrogen-bond donors (Lipinski definition) is 1. The van der Waals surface area contributed by atoms with Crippen LogP contribution < -0.4 is 0 Å². The van der Waals surface area contributed by atoms with Gasteiger partial charge < -0.3 is 14.6 Å². The fourth-order valence-corrected chi connectivity index (χ4v) is 1.58. The zero-order valence-electron chi connectivity index (χ0n) is 11.0. The summed E-state index contributed by atoms with van der Waals surface area (Å²) in [6.45, 7) is -0.358. The average molecular weight is 279 g/mol. The summed E-state index contributed by atoms with van der Waals surface area (Å²) >= 11 is 0. The zero-order chi connectivity index (χ0) is 15.1. The molecule has 0 radical (unpaired) electrons. The number of nitrogens with zero attached hydrogens (tertiary/aromatic N) is 1. The van der Waals surface area contributed by atoms with Crippen LogP contribution >= 0.6 is 0 Å². The molecule has 20 heavy (non-hydrogen) atoms. The Morgan fingerprint density at radius 3 is 2.70 bits per heavy atom. The summed E-state index contributed by atoms with van der Waals surface area (Å²) in [4.78, 5) is 22.0. The highest BCUT2D eigenvalue weighted by Crippen LogP contribution is 2.24. The molecule has 1 aliphatic rings. The molecular formula is C13H13NO6. The molecule has 0 unspecified atom stereocenters. The van der Waals surface area contributed by atoms with Crippen molar-refractivity contribution in [3.8, 4) is 11.8 Å². The molecule has 7 heteroatoms. The lowest BCUT2D eigenvalue weighted by molar-refractivity contribution is -0.421. The average Bonchev–Trinajstić information content (AvgIpc) is 2.63. The number of allylic oxidation sites excluding steroid dienone is 3. The molecule has 0 amide bonds. The standard InChI is InChI=1S/C13H13NO6/c1-19-12-7-9(4-3-5-15)6-10(13(16)20-2)8-11(12)14(17)18/h7-8,15H,5-6H2,1-2H3. The van der Waals surface area contributed by atoms with Crippen LogP contribution in [0.3, 0.4) is 0 Å². The van der Waals surface area contributed by atoms with Crippen molar-refractivity contribution in [3.63, 3.8) is 0 Å². The molecule has 106 valence electrons. The Balaban J connectivity index is 3.40. The van der Waals surface area contributed by atoms with Crippen molar-refractivity contribution in [2.45, 2.75) is 6.42 Å². The third kappa shape index (κ3) is 3.70. The lowest BCUT2D eigenvalue weighted by Gasteiger charge is -2.02. The molecule has 1 rings (SSSR count).